The number of anilines is 1. The van der Waals surface area contributed by atoms with E-state index in [1.54, 1.807) is 0 Å². The third kappa shape index (κ3) is 4.83. The molecule has 11 nitrogen and oxygen atoms in total. The molecule has 1 saturated heterocycles. The molecule has 1 heterocycles. The number of esters is 2. The Labute approximate surface area is 239 Å². The Balaban J connectivity index is 1.02. The van der Waals surface area contributed by atoms with E-state index in [2.05, 4.69) is 0 Å². The number of nitro groups is 1. The standard InChI is InChI=1S/C31H24N2O9/c34-25(17-7-13-24(14-8-17)42-31(38)19-5-11-23(12-6-19)33(39)40)16-41-30(37)18-3-9-22(10-4-18)32-28(35)26-20-1-2-21(15-20)27(26)29(32)36/h3-14,20-21,26-27H,1-2,15-16H2. The van der Waals surface area contributed by atoms with E-state index in [-0.39, 0.29) is 63.6 Å². The lowest BCUT2D eigenvalue weighted by molar-refractivity contribution is -0.384. The number of carbonyl (C=O) groups excluding carboxylic acids is 5. The maximum absolute atomic E-state index is 13.0. The van der Waals surface area contributed by atoms with Gasteiger partial charge in [-0.3, -0.25) is 29.4 Å². The second kappa shape index (κ2) is 10.7. The highest BCUT2D eigenvalue weighted by atomic mass is 16.6. The Morgan fingerprint density at radius 3 is 1.86 bits per heavy atom. The van der Waals surface area contributed by atoms with Gasteiger partial charge in [0.2, 0.25) is 11.8 Å². The molecule has 4 unspecified atom stereocenters. The molecule has 0 N–H and O–H groups in total. The molecule has 0 radical (unpaired) electrons. The zero-order chi connectivity index (χ0) is 29.5. The second-order valence-corrected chi connectivity index (χ2v) is 10.7. The molecular weight excluding hydrogens is 544 g/mol. The van der Waals surface area contributed by atoms with E-state index >= 15 is 0 Å². The third-order valence-corrected chi connectivity index (χ3v) is 8.32. The number of ketones is 1. The van der Waals surface area contributed by atoms with Crippen molar-refractivity contribution >= 4 is 40.9 Å². The van der Waals surface area contributed by atoms with Crippen LogP contribution in [-0.2, 0) is 14.3 Å². The molecule has 6 rings (SSSR count). The Morgan fingerprint density at radius 1 is 0.762 bits per heavy atom. The Morgan fingerprint density at radius 2 is 1.29 bits per heavy atom. The fourth-order valence-electron chi connectivity index (χ4n) is 6.30. The van der Waals surface area contributed by atoms with Crippen LogP contribution in [0.15, 0.2) is 72.8 Å². The van der Waals surface area contributed by atoms with Gasteiger partial charge in [0.25, 0.3) is 5.69 Å². The van der Waals surface area contributed by atoms with Gasteiger partial charge in [-0.15, -0.1) is 0 Å². The number of non-ortho nitro benzene ring substituents is 1. The zero-order valence-electron chi connectivity index (χ0n) is 22.1. The van der Waals surface area contributed by atoms with Crippen molar-refractivity contribution in [1.82, 2.24) is 0 Å². The van der Waals surface area contributed by atoms with E-state index in [1.165, 1.54) is 77.7 Å². The molecule has 3 aromatic carbocycles. The summed E-state index contributed by atoms with van der Waals surface area (Å²) in [6.07, 6.45) is 2.93. The van der Waals surface area contributed by atoms with Crippen LogP contribution in [0.1, 0.15) is 50.3 Å². The number of amides is 2. The van der Waals surface area contributed by atoms with E-state index in [4.69, 9.17) is 9.47 Å². The monoisotopic (exact) mass is 568 g/mol. The molecule has 2 amide bonds. The molecule has 2 aliphatic carbocycles. The second-order valence-electron chi connectivity index (χ2n) is 10.7. The van der Waals surface area contributed by atoms with Crippen LogP contribution < -0.4 is 9.64 Å². The molecule has 1 aliphatic heterocycles. The molecular formula is C31H24N2O9. The van der Waals surface area contributed by atoms with Crippen LogP contribution >= 0.6 is 0 Å². The Hall–Kier alpha value is -5.19. The Bertz CT molecular complexity index is 1590. The number of hydrogen-bond donors (Lipinski definition) is 0. The molecule has 4 atom stereocenters. The number of benzene rings is 3. The number of carbonyl (C=O) groups is 5. The predicted molar refractivity (Wildman–Crippen MR) is 146 cm³/mol. The molecule has 42 heavy (non-hydrogen) atoms. The number of nitrogens with zero attached hydrogens (tertiary/aromatic N) is 2. The van der Waals surface area contributed by atoms with Crippen LogP contribution in [0, 0.1) is 33.8 Å². The molecule has 2 saturated carbocycles. The summed E-state index contributed by atoms with van der Waals surface area (Å²) in [6, 6.07) is 16.5. The minimum atomic E-state index is -0.738. The van der Waals surface area contributed by atoms with Gasteiger partial charge in [0.05, 0.1) is 33.6 Å². The first-order valence-corrected chi connectivity index (χ1v) is 13.5. The number of fused-ring (bicyclic) bond motifs is 5. The number of hydrogen-bond acceptors (Lipinski definition) is 9. The first-order chi connectivity index (χ1) is 20.2. The molecule has 3 aliphatic rings. The minimum absolute atomic E-state index is 0.119. The van der Waals surface area contributed by atoms with Crippen molar-refractivity contribution in [3.8, 4) is 5.75 Å². The normalized spacial score (nSPS) is 22.1. The molecule has 2 bridgehead atoms. The number of ether oxygens (including phenoxy) is 2. The summed E-state index contributed by atoms with van der Waals surface area (Å²) in [4.78, 5) is 74.8. The summed E-state index contributed by atoms with van der Waals surface area (Å²) in [5.74, 6) is -2.03. The molecule has 0 aromatic heterocycles. The number of imide groups is 1. The van der Waals surface area contributed by atoms with E-state index in [0.29, 0.717) is 5.69 Å². The van der Waals surface area contributed by atoms with Crippen molar-refractivity contribution in [2.75, 3.05) is 11.5 Å². The summed E-state index contributed by atoms with van der Waals surface area (Å²) in [7, 11) is 0. The van der Waals surface area contributed by atoms with Crippen LogP contribution in [0.25, 0.3) is 0 Å². The first kappa shape index (κ1) is 27.0. The summed E-state index contributed by atoms with van der Waals surface area (Å²) >= 11 is 0. The molecule has 3 aromatic rings. The highest BCUT2D eigenvalue weighted by Gasteiger charge is 2.61. The lowest BCUT2D eigenvalue weighted by atomic mass is 9.81. The lowest BCUT2D eigenvalue weighted by Gasteiger charge is -2.19. The summed E-state index contributed by atoms with van der Waals surface area (Å²) in [6.45, 7) is -0.530. The van der Waals surface area contributed by atoms with Crippen LogP contribution in [0.2, 0.25) is 0 Å². The van der Waals surface area contributed by atoms with Crippen molar-refractivity contribution in [2.24, 2.45) is 23.7 Å². The van der Waals surface area contributed by atoms with E-state index in [1.807, 2.05) is 0 Å². The average molecular weight is 569 g/mol. The topological polar surface area (TPSA) is 150 Å². The predicted octanol–water partition coefficient (Wildman–Crippen LogP) is 4.39. The Kier molecular flexibility index (Phi) is 6.85. The largest absolute Gasteiger partial charge is 0.454 e. The van der Waals surface area contributed by atoms with Crippen LogP contribution in [-0.4, -0.2) is 41.1 Å². The lowest BCUT2D eigenvalue weighted by Crippen LogP contribution is -2.32. The van der Waals surface area contributed by atoms with Crippen molar-refractivity contribution in [3.63, 3.8) is 0 Å². The number of rotatable bonds is 8. The van der Waals surface area contributed by atoms with Crippen LogP contribution in [0.4, 0.5) is 11.4 Å². The maximum Gasteiger partial charge on any atom is 0.343 e. The molecule has 3 fully saturated rings. The van der Waals surface area contributed by atoms with Gasteiger partial charge in [0, 0.05) is 17.7 Å². The quantitative estimate of drug-likeness (QED) is 0.0962. The van der Waals surface area contributed by atoms with Gasteiger partial charge in [-0.2, -0.15) is 0 Å². The van der Waals surface area contributed by atoms with Gasteiger partial charge in [-0.1, -0.05) is 0 Å². The van der Waals surface area contributed by atoms with Gasteiger partial charge in [-0.05, 0) is 91.8 Å². The first-order valence-electron chi connectivity index (χ1n) is 13.5. The number of Topliss-reactive ketones (excluding diaryl/α,β-unsaturated/α-hetero) is 1. The molecule has 212 valence electrons. The smallest absolute Gasteiger partial charge is 0.343 e. The van der Waals surface area contributed by atoms with E-state index in [0.717, 1.165) is 19.3 Å². The van der Waals surface area contributed by atoms with Crippen LogP contribution in [0.5, 0.6) is 5.75 Å². The summed E-state index contributed by atoms with van der Waals surface area (Å²) in [5, 5.41) is 10.8. The summed E-state index contributed by atoms with van der Waals surface area (Å²) < 4.78 is 10.4. The van der Waals surface area contributed by atoms with E-state index in [9.17, 15) is 34.1 Å². The number of nitro benzene ring substituents is 1. The SMILES string of the molecule is O=C(COC(=O)c1ccc(N2C(=O)C3C4CCC(C4)C3C2=O)cc1)c1ccc(OC(=O)c2ccc([N+](=O)[O-])cc2)cc1. The zero-order valence-corrected chi connectivity index (χ0v) is 22.1. The fraction of sp³-hybridized carbons (Fsp3) is 0.258. The van der Waals surface area contributed by atoms with Crippen molar-refractivity contribution in [3.05, 3.63) is 99.6 Å². The average Bonchev–Trinajstić information content (AvgIpc) is 3.69. The molecule has 0 spiro atoms. The highest BCUT2D eigenvalue weighted by Crippen LogP contribution is 2.56. The van der Waals surface area contributed by atoms with Gasteiger partial charge in [0.1, 0.15) is 5.75 Å². The minimum Gasteiger partial charge on any atom is -0.454 e. The van der Waals surface area contributed by atoms with Crippen LogP contribution in [0.3, 0.4) is 0 Å². The fourth-order valence-corrected chi connectivity index (χ4v) is 6.30. The maximum atomic E-state index is 13.0. The van der Waals surface area contributed by atoms with Gasteiger partial charge in [0.15, 0.2) is 12.4 Å². The van der Waals surface area contributed by atoms with E-state index < -0.39 is 29.3 Å². The van der Waals surface area contributed by atoms with Gasteiger partial charge in [-0.25, -0.2) is 9.59 Å². The van der Waals surface area contributed by atoms with Crippen molar-refractivity contribution < 1.29 is 38.4 Å². The third-order valence-electron chi connectivity index (χ3n) is 8.32. The molecule has 11 heteroatoms. The highest BCUT2D eigenvalue weighted by molar-refractivity contribution is 6.22. The van der Waals surface area contributed by atoms with Crippen molar-refractivity contribution in [1.29, 1.82) is 0 Å². The van der Waals surface area contributed by atoms with Crippen molar-refractivity contribution in [2.45, 2.75) is 19.3 Å². The van der Waals surface area contributed by atoms with Gasteiger partial charge < -0.3 is 9.47 Å². The van der Waals surface area contributed by atoms with Gasteiger partial charge >= 0.3 is 11.9 Å². The summed E-state index contributed by atoms with van der Waals surface area (Å²) in [5.41, 5.74) is 0.767.